The first-order chi connectivity index (χ1) is 9.08. The Bertz CT molecular complexity index is 574. The lowest BCUT2D eigenvalue weighted by Gasteiger charge is -2.13. The minimum Gasteiger partial charge on any atom is -0.459 e. The van der Waals surface area contributed by atoms with E-state index in [2.05, 4.69) is 61.1 Å². The quantitative estimate of drug-likeness (QED) is 0.811. The largest absolute Gasteiger partial charge is 0.459 e. The van der Waals surface area contributed by atoms with Crippen LogP contribution in [0.2, 0.25) is 0 Å². The fourth-order valence-electron chi connectivity index (χ4n) is 2.44. The third-order valence-corrected chi connectivity index (χ3v) is 4.82. The molecule has 0 aliphatic rings. The second-order valence-electron chi connectivity index (χ2n) is 5.11. The van der Waals surface area contributed by atoms with Gasteiger partial charge in [0.25, 0.3) is 0 Å². The molecule has 0 saturated carbocycles. The van der Waals surface area contributed by atoms with Crippen LogP contribution in [0.5, 0.6) is 0 Å². The van der Waals surface area contributed by atoms with Crippen molar-refractivity contribution in [3.8, 4) is 0 Å². The van der Waals surface area contributed by atoms with Crippen molar-refractivity contribution in [3.05, 3.63) is 33.5 Å². The molecule has 19 heavy (non-hydrogen) atoms. The standard InChI is InChI=1S/C16H22BrNO/c1-5-7-18-13(6-2)15-9-12-11(4)16(17)10(3)8-14(12)19-15/h8-9,13,18H,5-7H2,1-4H3. The van der Waals surface area contributed by atoms with Crippen molar-refractivity contribution in [3.63, 3.8) is 0 Å². The van der Waals surface area contributed by atoms with Crippen LogP contribution < -0.4 is 5.32 Å². The smallest absolute Gasteiger partial charge is 0.134 e. The Labute approximate surface area is 123 Å². The third kappa shape index (κ3) is 2.87. The molecule has 0 spiro atoms. The molecule has 0 aliphatic heterocycles. The van der Waals surface area contributed by atoms with Crippen molar-refractivity contribution in [1.29, 1.82) is 0 Å². The maximum Gasteiger partial charge on any atom is 0.134 e. The highest BCUT2D eigenvalue weighted by Crippen LogP contribution is 2.33. The monoisotopic (exact) mass is 323 g/mol. The van der Waals surface area contributed by atoms with E-state index in [1.165, 1.54) is 21.0 Å². The van der Waals surface area contributed by atoms with E-state index in [1.807, 2.05) is 0 Å². The van der Waals surface area contributed by atoms with Gasteiger partial charge in [0.15, 0.2) is 0 Å². The van der Waals surface area contributed by atoms with E-state index >= 15 is 0 Å². The van der Waals surface area contributed by atoms with Gasteiger partial charge in [0.2, 0.25) is 0 Å². The van der Waals surface area contributed by atoms with E-state index in [1.54, 1.807) is 0 Å². The van der Waals surface area contributed by atoms with Gasteiger partial charge in [-0.2, -0.15) is 0 Å². The van der Waals surface area contributed by atoms with Crippen LogP contribution in [0.3, 0.4) is 0 Å². The summed E-state index contributed by atoms with van der Waals surface area (Å²) in [6, 6.07) is 4.61. The Hall–Kier alpha value is -0.800. The van der Waals surface area contributed by atoms with Gasteiger partial charge in [-0.1, -0.05) is 29.8 Å². The van der Waals surface area contributed by atoms with Crippen LogP contribution in [0.1, 0.15) is 49.6 Å². The predicted octanol–water partition coefficient (Wildman–Crippen LogP) is 5.26. The van der Waals surface area contributed by atoms with Gasteiger partial charge in [-0.3, -0.25) is 0 Å². The summed E-state index contributed by atoms with van der Waals surface area (Å²) in [5.41, 5.74) is 3.47. The van der Waals surface area contributed by atoms with Crippen LogP contribution in [0.15, 0.2) is 21.0 Å². The second-order valence-corrected chi connectivity index (χ2v) is 5.90. The Morgan fingerprint density at radius 3 is 2.63 bits per heavy atom. The summed E-state index contributed by atoms with van der Waals surface area (Å²) in [6.45, 7) is 9.64. The summed E-state index contributed by atoms with van der Waals surface area (Å²) < 4.78 is 7.23. The molecule has 2 rings (SSSR count). The number of aryl methyl sites for hydroxylation is 2. The van der Waals surface area contributed by atoms with Crippen molar-refractivity contribution < 1.29 is 4.42 Å². The molecule has 1 N–H and O–H groups in total. The molecular formula is C16H22BrNO. The number of hydrogen-bond donors (Lipinski definition) is 1. The van der Waals surface area contributed by atoms with Crippen molar-refractivity contribution in [2.24, 2.45) is 0 Å². The molecule has 2 nitrogen and oxygen atoms in total. The minimum atomic E-state index is 0.311. The van der Waals surface area contributed by atoms with E-state index < -0.39 is 0 Å². The van der Waals surface area contributed by atoms with Crippen LogP contribution in [-0.4, -0.2) is 6.54 Å². The fraction of sp³-hybridized carbons (Fsp3) is 0.500. The van der Waals surface area contributed by atoms with E-state index in [-0.39, 0.29) is 0 Å². The molecule has 1 aromatic carbocycles. The highest BCUT2D eigenvalue weighted by Gasteiger charge is 2.16. The fourth-order valence-corrected chi connectivity index (χ4v) is 2.76. The number of fused-ring (bicyclic) bond motifs is 1. The zero-order chi connectivity index (χ0) is 14.0. The Kier molecular flexibility index (Phi) is 4.69. The van der Waals surface area contributed by atoms with E-state index in [9.17, 15) is 0 Å². The zero-order valence-electron chi connectivity index (χ0n) is 12.1. The van der Waals surface area contributed by atoms with Crippen molar-refractivity contribution >= 4 is 26.9 Å². The summed E-state index contributed by atoms with van der Waals surface area (Å²) >= 11 is 3.65. The number of nitrogens with one attached hydrogen (secondary N) is 1. The average Bonchev–Trinajstić information content (AvgIpc) is 2.81. The zero-order valence-corrected chi connectivity index (χ0v) is 13.7. The molecule has 0 bridgehead atoms. The van der Waals surface area contributed by atoms with Crippen LogP contribution in [0.25, 0.3) is 11.0 Å². The molecule has 0 fully saturated rings. The molecule has 0 radical (unpaired) electrons. The first kappa shape index (κ1) is 14.6. The van der Waals surface area contributed by atoms with Gasteiger partial charge < -0.3 is 9.73 Å². The number of halogens is 1. The number of hydrogen-bond acceptors (Lipinski definition) is 2. The molecule has 1 unspecified atom stereocenters. The Balaban J connectivity index is 2.43. The van der Waals surface area contributed by atoms with Crippen LogP contribution in [0, 0.1) is 13.8 Å². The third-order valence-electron chi connectivity index (χ3n) is 3.60. The van der Waals surface area contributed by atoms with E-state index in [0.717, 1.165) is 30.7 Å². The molecule has 3 heteroatoms. The summed E-state index contributed by atoms with van der Waals surface area (Å²) in [5, 5.41) is 4.75. The Morgan fingerprint density at radius 2 is 2.00 bits per heavy atom. The SMILES string of the molecule is CCCNC(CC)c1cc2c(C)c(Br)c(C)cc2o1. The molecule has 1 heterocycles. The summed E-state index contributed by atoms with van der Waals surface area (Å²) in [7, 11) is 0. The lowest BCUT2D eigenvalue weighted by molar-refractivity contribution is 0.421. The molecule has 0 aliphatic carbocycles. The predicted molar refractivity (Wildman–Crippen MR) is 84.7 cm³/mol. The van der Waals surface area contributed by atoms with Gasteiger partial charge in [0.1, 0.15) is 11.3 Å². The van der Waals surface area contributed by atoms with Crippen LogP contribution in [-0.2, 0) is 0 Å². The van der Waals surface area contributed by atoms with Gasteiger partial charge in [-0.15, -0.1) is 0 Å². The summed E-state index contributed by atoms with van der Waals surface area (Å²) in [6.07, 6.45) is 2.18. The van der Waals surface area contributed by atoms with E-state index in [4.69, 9.17) is 4.42 Å². The molecule has 0 amide bonds. The van der Waals surface area contributed by atoms with Gasteiger partial charge >= 0.3 is 0 Å². The van der Waals surface area contributed by atoms with Crippen LogP contribution >= 0.6 is 15.9 Å². The van der Waals surface area contributed by atoms with Crippen molar-refractivity contribution in [2.75, 3.05) is 6.54 Å². The lowest BCUT2D eigenvalue weighted by Crippen LogP contribution is -2.20. The maximum atomic E-state index is 6.05. The highest BCUT2D eigenvalue weighted by molar-refractivity contribution is 9.10. The van der Waals surface area contributed by atoms with Crippen LogP contribution in [0.4, 0.5) is 0 Å². The van der Waals surface area contributed by atoms with Crippen molar-refractivity contribution in [1.82, 2.24) is 5.32 Å². The topological polar surface area (TPSA) is 25.2 Å². The second kappa shape index (κ2) is 6.10. The van der Waals surface area contributed by atoms with E-state index in [0.29, 0.717) is 6.04 Å². The molecular weight excluding hydrogens is 302 g/mol. The summed E-state index contributed by atoms with van der Waals surface area (Å²) in [4.78, 5) is 0. The minimum absolute atomic E-state index is 0.311. The molecule has 2 aromatic rings. The van der Waals surface area contributed by atoms with Crippen molar-refractivity contribution in [2.45, 2.75) is 46.6 Å². The number of rotatable bonds is 5. The number of benzene rings is 1. The maximum absolute atomic E-state index is 6.05. The van der Waals surface area contributed by atoms with Gasteiger partial charge in [-0.05, 0) is 56.5 Å². The van der Waals surface area contributed by atoms with Gasteiger partial charge in [0.05, 0.1) is 6.04 Å². The molecule has 1 atom stereocenters. The summed E-state index contributed by atoms with van der Waals surface area (Å²) in [5.74, 6) is 1.05. The molecule has 0 saturated heterocycles. The normalized spacial score (nSPS) is 13.1. The average molecular weight is 324 g/mol. The Morgan fingerprint density at radius 1 is 1.26 bits per heavy atom. The molecule has 1 aromatic heterocycles. The number of furan rings is 1. The van der Waals surface area contributed by atoms with Gasteiger partial charge in [0, 0.05) is 9.86 Å². The first-order valence-electron chi connectivity index (χ1n) is 7.01. The molecule has 104 valence electrons. The van der Waals surface area contributed by atoms with Gasteiger partial charge in [-0.25, -0.2) is 0 Å². The lowest BCUT2D eigenvalue weighted by atomic mass is 10.1. The highest BCUT2D eigenvalue weighted by atomic mass is 79.9. The first-order valence-corrected chi connectivity index (χ1v) is 7.80.